The second-order valence-corrected chi connectivity index (χ2v) is 6.13. The van der Waals surface area contributed by atoms with Gasteiger partial charge in [-0.1, -0.05) is 36.3 Å². The van der Waals surface area contributed by atoms with Gasteiger partial charge in [-0.25, -0.2) is 4.79 Å². The summed E-state index contributed by atoms with van der Waals surface area (Å²) in [6.45, 7) is 4.93. The van der Waals surface area contributed by atoms with Crippen LogP contribution in [0.25, 0.3) is 0 Å². The second kappa shape index (κ2) is 8.53. The van der Waals surface area contributed by atoms with Crippen molar-refractivity contribution in [3.05, 3.63) is 35.9 Å². The molecule has 1 aromatic rings. The molecule has 0 spiro atoms. The number of aliphatic hydroxyl groups is 1. The average Bonchev–Trinajstić information content (AvgIpc) is 2.46. The Labute approximate surface area is 137 Å². The lowest BCUT2D eigenvalue weighted by Crippen LogP contribution is -2.52. The number of benzene rings is 1. The normalized spacial score (nSPS) is 14.0. The summed E-state index contributed by atoms with van der Waals surface area (Å²) >= 11 is 0. The molecule has 0 aliphatic heterocycles. The minimum Gasteiger partial charge on any atom is -0.444 e. The maximum Gasteiger partial charge on any atom is 0.408 e. The number of hydrogen-bond donors (Lipinski definition) is 3. The van der Waals surface area contributed by atoms with E-state index in [2.05, 4.69) is 11.2 Å². The molecule has 0 saturated heterocycles. The largest absolute Gasteiger partial charge is 0.444 e. The van der Waals surface area contributed by atoms with E-state index in [0.29, 0.717) is 0 Å². The predicted molar refractivity (Wildman–Crippen MR) is 86.6 cm³/mol. The smallest absolute Gasteiger partial charge is 0.408 e. The molecule has 6 nitrogen and oxygen atoms in total. The van der Waals surface area contributed by atoms with Crippen molar-refractivity contribution in [2.75, 3.05) is 6.61 Å². The van der Waals surface area contributed by atoms with Gasteiger partial charge in [0.25, 0.3) is 0 Å². The van der Waals surface area contributed by atoms with E-state index in [1.165, 1.54) is 0 Å². The Morgan fingerprint density at radius 2 is 2.00 bits per heavy atom. The quantitative estimate of drug-likeness (QED) is 0.550. The summed E-state index contributed by atoms with van der Waals surface area (Å²) in [5, 5.41) is 23.1. The lowest BCUT2D eigenvalue weighted by molar-refractivity contribution is -0.129. The van der Waals surface area contributed by atoms with Gasteiger partial charge < -0.3 is 20.4 Å². The highest BCUT2D eigenvalue weighted by atomic mass is 16.6. The molecular weight excluding hydrogens is 296 g/mol. The molecule has 23 heavy (non-hydrogen) atoms. The first-order chi connectivity index (χ1) is 10.8. The number of carbonyl (C=O) groups is 1. The summed E-state index contributed by atoms with van der Waals surface area (Å²) in [6, 6.07) is 7.48. The Bertz CT molecular complexity index is 534. The van der Waals surface area contributed by atoms with Gasteiger partial charge in [-0.15, -0.1) is 6.42 Å². The number of aliphatic hydroxyl groups excluding tert-OH is 1. The zero-order chi connectivity index (χ0) is 17.5. The van der Waals surface area contributed by atoms with Crippen LogP contribution in [0.3, 0.4) is 0 Å². The minimum absolute atomic E-state index is 0.169. The average molecular weight is 320 g/mol. The van der Waals surface area contributed by atoms with Gasteiger partial charge in [-0.2, -0.15) is 5.06 Å². The van der Waals surface area contributed by atoms with Crippen molar-refractivity contribution in [2.45, 2.75) is 45.0 Å². The molecule has 0 bridgehead atoms. The van der Waals surface area contributed by atoms with Crippen molar-refractivity contribution in [3.8, 4) is 12.3 Å². The maximum atomic E-state index is 11.8. The molecule has 126 valence electrons. The molecule has 0 saturated carbocycles. The van der Waals surface area contributed by atoms with E-state index >= 15 is 0 Å². The summed E-state index contributed by atoms with van der Waals surface area (Å²) in [6.07, 6.45) is 4.75. The molecule has 0 aliphatic rings. The summed E-state index contributed by atoms with van der Waals surface area (Å²) in [7, 11) is 0. The van der Waals surface area contributed by atoms with Crippen molar-refractivity contribution in [2.24, 2.45) is 0 Å². The number of nitrogens with one attached hydrogen (secondary N) is 1. The zero-order valence-corrected chi connectivity index (χ0v) is 13.7. The van der Waals surface area contributed by atoms with Crippen LogP contribution in [-0.4, -0.2) is 45.8 Å². The molecule has 3 N–H and O–H groups in total. The van der Waals surface area contributed by atoms with E-state index < -0.39 is 30.4 Å². The van der Waals surface area contributed by atoms with Crippen molar-refractivity contribution in [3.63, 3.8) is 0 Å². The van der Waals surface area contributed by atoms with Crippen molar-refractivity contribution < 1.29 is 19.8 Å². The maximum absolute atomic E-state index is 11.8. The monoisotopic (exact) mass is 320 g/mol. The number of carbonyl (C=O) groups excluding carboxylic acids is 1. The van der Waals surface area contributed by atoms with E-state index in [1.54, 1.807) is 20.8 Å². The van der Waals surface area contributed by atoms with Gasteiger partial charge >= 0.3 is 6.09 Å². The van der Waals surface area contributed by atoms with Crippen molar-refractivity contribution in [1.82, 2.24) is 10.4 Å². The van der Waals surface area contributed by atoms with Crippen LogP contribution in [0.15, 0.2) is 30.3 Å². The van der Waals surface area contributed by atoms with Gasteiger partial charge in [0.05, 0.1) is 19.2 Å². The number of rotatable bonds is 6. The summed E-state index contributed by atoms with van der Waals surface area (Å²) in [5.41, 5.74) is 0.183. The summed E-state index contributed by atoms with van der Waals surface area (Å²) in [5.74, 6) is 2.39. The molecule has 0 aromatic heterocycles. The number of terminal acetylenes is 1. The van der Waals surface area contributed by atoms with Gasteiger partial charge in [0.1, 0.15) is 11.6 Å². The summed E-state index contributed by atoms with van der Waals surface area (Å²) < 4.78 is 5.13. The third-order valence-corrected chi connectivity index (χ3v) is 2.96. The highest BCUT2D eigenvalue weighted by molar-refractivity contribution is 5.68. The van der Waals surface area contributed by atoms with Crippen LogP contribution in [0.4, 0.5) is 4.79 Å². The molecular formula is C17H24N2O4. The third-order valence-electron chi connectivity index (χ3n) is 2.96. The lowest BCUT2D eigenvalue weighted by Gasteiger charge is -2.29. The fourth-order valence-corrected chi connectivity index (χ4v) is 1.96. The number of amides is 1. The number of alkyl carbamates (subject to hydrolysis) is 1. The van der Waals surface area contributed by atoms with Crippen LogP contribution in [0.5, 0.6) is 0 Å². The van der Waals surface area contributed by atoms with E-state index in [0.717, 1.165) is 10.6 Å². The number of ether oxygens (including phenoxy) is 1. The SMILES string of the molecule is C#C[C@@H]([C@H](CO)NC(=O)OC(C)(C)C)N(O)Cc1ccccc1. The van der Waals surface area contributed by atoms with Crippen molar-refractivity contribution in [1.29, 1.82) is 0 Å². The van der Waals surface area contributed by atoms with Crippen LogP contribution in [-0.2, 0) is 11.3 Å². The number of nitrogens with zero attached hydrogens (tertiary/aromatic N) is 1. The van der Waals surface area contributed by atoms with Gasteiger partial charge in [0.2, 0.25) is 0 Å². The fourth-order valence-electron chi connectivity index (χ4n) is 1.96. The standard InChI is InChI=1S/C17H24N2O4/c1-5-15(19(22)11-13-9-7-6-8-10-13)14(12-20)18-16(21)23-17(2,3)4/h1,6-10,14-15,20,22H,11-12H2,2-4H3,(H,18,21)/t14-,15-/m0/s1. The molecule has 0 unspecified atom stereocenters. The molecule has 1 amide bonds. The Hall–Kier alpha value is -2.07. The van der Waals surface area contributed by atoms with Crippen LogP contribution < -0.4 is 5.32 Å². The van der Waals surface area contributed by atoms with Crippen LogP contribution in [0.2, 0.25) is 0 Å². The van der Waals surface area contributed by atoms with Crippen LogP contribution in [0, 0.1) is 12.3 Å². The minimum atomic E-state index is -0.896. The third kappa shape index (κ3) is 6.70. The lowest BCUT2D eigenvalue weighted by atomic mass is 10.1. The Morgan fingerprint density at radius 3 is 2.48 bits per heavy atom. The zero-order valence-electron chi connectivity index (χ0n) is 13.7. The fraction of sp³-hybridized carbons (Fsp3) is 0.471. The van der Waals surface area contributed by atoms with Gasteiger partial charge in [0.15, 0.2) is 0 Å². The van der Waals surface area contributed by atoms with E-state index in [1.807, 2.05) is 30.3 Å². The topological polar surface area (TPSA) is 82.0 Å². The molecule has 0 radical (unpaired) electrons. The molecule has 1 rings (SSSR count). The molecule has 6 heteroatoms. The first kappa shape index (κ1) is 19.0. The molecule has 1 aromatic carbocycles. The Balaban J connectivity index is 2.72. The first-order valence-corrected chi connectivity index (χ1v) is 7.32. The predicted octanol–water partition coefficient (Wildman–Crippen LogP) is 1.77. The van der Waals surface area contributed by atoms with Crippen LogP contribution >= 0.6 is 0 Å². The van der Waals surface area contributed by atoms with E-state index in [4.69, 9.17) is 11.2 Å². The molecule has 2 atom stereocenters. The Morgan fingerprint density at radius 1 is 1.39 bits per heavy atom. The van der Waals surface area contributed by atoms with E-state index in [9.17, 15) is 15.1 Å². The van der Waals surface area contributed by atoms with Gasteiger partial charge in [-0.05, 0) is 26.3 Å². The second-order valence-electron chi connectivity index (χ2n) is 6.13. The first-order valence-electron chi connectivity index (χ1n) is 7.32. The highest BCUT2D eigenvalue weighted by Crippen LogP contribution is 2.11. The number of hydroxylamine groups is 2. The van der Waals surface area contributed by atoms with Gasteiger partial charge in [-0.3, -0.25) is 0 Å². The highest BCUT2D eigenvalue weighted by Gasteiger charge is 2.28. The molecule has 0 aliphatic carbocycles. The Kier molecular flexibility index (Phi) is 7.04. The number of hydrogen-bond acceptors (Lipinski definition) is 5. The molecule has 0 heterocycles. The van der Waals surface area contributed by atoms with Crippen molar-refractivity contribution >= 4 is 6.09 Å². The van der Waals surface area contributed by atoms with E-state index in [-0.39, 0.29) is 6.54 Å². The van der Waals surface area contributed by atoms with Gasteiger partial charge in [0, 0.05) is 0 Å². The molecule has 0 fully saturated rings. The van der Waals surface area contributed by atoms with Crippen LogP contribution in [0.1, 0.15) is 26.3 Å². The summed E-state index contributed by atoms with van der Waals surface area (Å²) in [4.78, 5) is 11.8.